The van der Waals surface area contributed by atoms with Crippen molar-refractivity contribution in [3.8, 4) is 11.4 Å². The van der Waals surface area contributed by atoms with Crippen LogP contribution in [-0.4, -0.2) is 20.3 Å². The van der Waals surface area contributed by atoms with E-state index in [1.54, 1.807) is 42.6 Å². The maximum Gasteiger partial charge on any atom is 0.226 e. The summed E-state index contributed by atoms with van der Waals surface area (Å²) in [5.41, 5.74) is 3.60. The van der Waals surface area contributed by atoms with Crippen LogP contribution in [0.5, 0.6) is 0 Å². The number of hydrogen-bond acceptors (Lipinski definition) is 6. The number of benzene rings is 2. The van der Waals surface area contributed by atoms with Gasteiger partial charge >= 0.3 is 0 Å². The smallest absolute Gasteiger partial charge is 0.226 e. The molecule has 0 saturated heterocycles. The van der Waals surface area contributed by atoms with Crippen LogP contribution >= 0.6 is 23.5 Å². The van der Waals surface area contributed by atoms with Gasteiger partial charge in [0.05, 0.1) is 5.69 Å². The van der Waals surface area contributed by atoms with E-state index in [-0.39, 0.29) is 5.82 Å². The Morgan fingerprint density at radius 2 is 2.11 bits per heavy atom. The van der Waals surface area contributed by atoms with E-state index in [0.717, 1.165) is 28.0 Å². The molecule has 4 rings (SSSR count). The van der Waals surface area contributed by atoms with Crippen molar-refractivity contribution in [3.05, 3.63) is 65.3 Å². The SMILES string of the molecule is Cc1ccc(-c2noc(CCCSC3=Nc4ccccc4CS3)n2)cc1F. The van der Waals surface area contributed by atoms with Crippen LogP contribution in [0.3, 0.4) is 0 Å². The van der Waals surface area contributed by atoms with E-state index >= 15 is 0 Å². The summed E-state index contributed by atoms with van der Waals surface area (Å²) < 4.78 is 20.1. The van der Waals surface area contributed by atoms with E-state index in [0.29, 0.717) is 29.3 Å². The minimum atomic E-state index is -0.261. The van der Waals surface area contributed by atoms with E-state index in [1.807, 2.05) is 6.07 Å². The van der Waals surface area contributed by atoms with Crippen LogP contribution in [0.15, 0.2) is 52.0 Å². The van der Waals surface area contributed by atoms with Gasteiger partial charge in [-0.25, -0.2) is 9.38 Å². The quantitative estimate of drug-likeness (QED) is 0.509. The topological polar surface area (TPSA) is 51.3 Å². The Morgan fingerprint density at radius 3 is 3.00 bits per heavy atom. The molecule has 0 fully saturated rings. The number of thioether (sulfide) groups is 2. The van der Waals surface area contributed by atoms with Crippen LogP contribution in [0, 0.1) is 12.7 Å². The summed E-state index contributed by atoms with van der Waals surface area (Å²) in [5.74, 6) is 2.66. The fourth-order valence-electron chi connectivity index (χ4n) is 2.67. The number of halogens is 1. The summed E-state index contributed by atoms with van der Waals surface area (Å²) in [6, 6.07) is 13.2. The summed E-state index contributed by atoms with van der Waals surface area (Å²) in [4.78, 5) is 9.08. The molecule has 1 aromatic heterocycles. The predicted molar refractivity (Wildman–Crippen MR) is 110 cm³/mol. The van der Waals surface area contributed by atoms with Gasteiger partial charge in [0.25, 0.3) is 0 Å². The maximum atomic E-state index is 13.7. The predicted octanol–water partition coefficient (Wildman–Crippen LogP) is 5.78. The normalized spacial score (nSPS) is 13.3. The zero-order valence-electron chi connectivity index (χ0n) is 14.8. The first-order chi connectivity index (χ1) is 13.2. The molecular weight excluding hydrogens is 381 g/mol. The van der Waals surface area contributed by atoms with Crippen LogP contribution in [0.4, 0.5) is 10.1 Å². The van der Waals surface area contributed by atoms with Gasteiger partial charge in [-0.15, -0.1) is 0 Å². The number of para-hydroxylation sites is 1. The van der Waals surface area contributed by atoms with Crippen molar-refractivity contribution < 1.29 is 8.91 Å². The molecule has 0 amide bonds. The highest BCUT2D eigenvalue weighted by Crippen LogP contribution is 2.34. The van der Waals surface area contributed by atoms with Crippen molar-refractivity contribution in [3.63, 3.8) is 0 Å². The Morgan fingerprint density at radius 1 is 1.22 bits per heavy atom. The van der Waals surface area contributed by atoms with Crippen LogP contribution < -0.4 is 0 Å². The fraction of sp³-hybridized carbons (Fsp3) is 0.250. The molecule has 138 valence electrons. The van der Waals surface area contributed by atoms with Gasteiger partial charge in [0, 0.05) is 23.5 Å². The lowest BCUT2D eigenvalue weighted by Gasteiger charge is -2.13. The Labute approximate surface area is 165 Å². The molecule has 0 radical (unpaired) electrons. The molecule has 3 aromatic rings. The highest BCUT2D eigenvalue weighted by Gasteiger charge is 2.13. The van der Waals surface area contributed by atoms with Gasteiger partial charge in [0.2, 0.25) is 11.7 Å². The van der Waals surface area contributed by atoms with Gasteiger partial charge in [0.15, 0.2) is 0 Å². The molecule has 7 heteroatoms. The van der Waals surface area contributed by atoms with Crippen molar-refractivity contribution >= 4 is 33.6 Å². The van der Waals surface area contributed by atoms with Crippen molar-refractivity contribution in [1.29, 1.82) is 0 Å². The van der Waals surface area contributed by atoms with Gasteiger partial charge in [0.1, 0.15) is 10.2 Å². The molecule has 0 aliphatic carbocycles. The molecule has 2 heterocycles. The highest BCUT2D eigenvalue weighted by molar-refractivity contribution is 8.38. The Balaban J connectivity index is 1.30. The van der Waals surface area contributed by atoms with Gasteiger partial charge in [-0.2, -0.15) is 4.98 Å². The second kappa shape index (κ2) is 8.27. The Bertz CT molecular complexity index is 987. The molecule has 27 heavy (non-hydrogen) atoms. The minimum Gasteiger partial charge on any atom is -0.339 e. The van der Waals surface area contributed by atoms with Crippen LogP contribution in [0.1, 0.15) is 23.4 Å². The molecule has 0 atom stereocenters. The first kappa shape index (κ1) is 18.3. The number of aryl methyl sites for hydroxylation is 2. The van der Waals surface area contributed by atoms with Crippen molar-refractivity contribution in [1.82, 2.24) is 10.1 Å². The van der Waals surface area contributed by atoms with Gasteiger partial charge < -0.3 is 4.52 Å². The number of rotatable bonds is 5. The van der Waals surface area contributed by atoms with E-state index in [2.05, 4.69) is 28.3 Å². The summed E-state index contributed by atoms with van der Waals surface area (Å²) in [6.45, 7) is 1.73. The zero-order chi connectivity index (χ0) is 18.6. The number of nitrogens with zero attached hydrogens (tertiary/aromatic N) is 3. The fourth-order valence-corrected chi connectivity index (χ4v) is 4.75. The van der Waals surface area contributed by atoms with E-state index in [4.69, 9.17) is 9.52 Å². The molecule has 0 N–H and O–H groups in total. The van der Waals surface area contributed by atoms with Crippen molar-refractivity contribution in [2.75, 3.05) is 5.75 Å². The molecule has 2 aromatic carbocycles. The van der Waals surface area contributed by atoms with E-state index in [1.165, 1.54) is 11.6 Å². The largest absolute Gasteiger partial charge is 0.339 e. The molecular formula is C20H18FN3OS2. The lowest BCUT2D eigenvalue weighted by atomic mass is 10.1. The Kier molecular flexibility index (Phi) is 5.59. The van der Waals surface area contributed by atoms with E-state index < -0.39 is 0 Å². The average Bonchev–Trinajstić information content (AvgIpc) is 3.16. The number of aromatic nitrogens is 2. The molecule has 0 saturated carbocycles. The monoisotopic (exact) mass is 399 g/mol. The van der Waals surface area contributed by atoms with Crippen LogP contribution in [0.25, 0.3) is 11.4 Å². The molecule has 1 aliphatic rings. The third-order valence-corrected chi connectivity index (χ3v) is 6.54. The third kappa shape index (κ3) is 4.42. The Hall–Kier alpha value is -2.12. The molecule has 1 aliphatic heterocycles. The molecule has 4 nitrogen and oxygen atoms in total. The minimum absolute atomic E-state index is 0.261. The zero-order valence-corrected chi connectivity index (χ0v) is 16.4. The van der Waals surface area contributed by atoms with Crippen molar-refractivity contribution in [2.24, 2.45) is 4.99 Å². The maximum absolute atomic E-state index is 13.7. The van der Waals surface area contributed by atoms with Crippen LogP contribution in [-0.2, 0) is 12.2 Å². The van der Waals surface area contributed by atoms with Gasteiger partial charge in [-0.1, -0.05) is 59.0 Å². The molecule has 0 unspecified atom stereocenters. The van der Waals surface area contributed by atoms with Gasteiger partial charge in [-0.05, 0) is 36.6 Å². The second-order valence-electron chi connectivity index (χ2n) is 6.22. The summed E-state index contributed by atoms with van der Waals surface area (Å²) in [5, 5.41) is 3.96. The number of fused-ring (bicyclic) bond motifs is 1. The standard InChI is InChI=1S/C20H18FN3OS2/c1-13-8-9-14(11-16(13)21)19-23-18(25-24-19)7-4-10-26-20-22-17-6-3-2-5-15(17)12-27-20/h2-3,5-6,8-9,11H,4,7,10,12H2,1H3. The summed E-state index contributed by atoms with van der Waals surface area (Å²) in [6.07, 6.45) is 1.61. The first-order valence-corrected chi connectivity index (χ1v) is 10.7. The summed E-state index contributed by atoms with van der Waals surface area (Å²) in [7, 11) is 0. The average molecular weight is 400 g/mol. The lowest BCUT2D eigenvalue weighted by Crippen LogP contribution is -1.97. The van der Waals surface area contributed by atoms with E-state index in [9.17, 15) is 4.39 Å². The van der Waals surface area contributed by atoms with Gasteiger partial charge in [-0.3, -0.25) is 0 Å². The number of hydrogen-bond donors (Lipinski definition) is 0. The third-order valence-electron chi connectivity index (χ3n) is 4.21. The second-order valence-corrected chi connectivity index (χ2v) is 8.53. The number of aliphatic imine (C=N–C) groups is 1. The first-order valence-electron chi connectivity index (χ1n) is 8.70. The lowest BCUT2D eigenvalue weighted by molar-refractivity contribution is 0.378. The van der Waals surface area contributed by atoms with Crippen LogP contribution in [0.2, 0.25) is 0 Å². The van der Waals surface area contributed by atoms with Crippen molar-refractivity contribution in [2.45, 2.75) is 25.5 Å². The summed E-state index contributed by atoms with van der Waals surface area (Å²) >= 11 is 3.54. The highest BCUT2D eigenvalue weighted by atomic mass is 32.2. The molecule has 0 bridgehead atoms. The molecule has 0 spiro atoms.